The van der Waals surface area contributed by atoms with Crippen LogP contribution in [0.25, 0.3) is 0 Å². The van der Waals surface area contributed by atoms with Gasteiger partial charge in [0.05, 0.1) is 19.6 Å². The summed E-state index contributed by atoms with van der Waals surface area (Å²) >= 11 is 0. The fourth-order valence-corrected chi connectivity index (χ4v) is 2.40. The summed E-state index contributed by atoms with van der Waals surface area (Å²) in [5.41, 5.74) is 1.41. The van der Waals surface area contributed by atoms with Crippen molar-refractivity contribution in [2.24, 2.45) is 0 Å². The van der Waals surface area contributed by atoms with Gasteiger partial charge in [-0.3, -0.25) is 4.79 Å². The average molecular weight is 350 g/mol. The van der Waals surface area contributed by atoms with Crippen LogP contribution in [0.2, 0.25) is 0 Å². The normalized spacial score (nSPS) is 13.6. The Hall–Kier alpha value is -2.28. The Morgan fingerprint density at radius 3 is 2.72 bits per heavy atom. The first kappa shape index (κ1) is 19.1. The van der Waals surface area contributed by atoms with Crippen LogP contribution in [0.5, 0.6) is 5.75 Å². The maximum Gasteiger partial charge on any atom is 0.407 e. The van der Waals surface area contributed by atoms with Crippen molar-refractivity contribution in [2.75, 3.05) is 38.3 Å². The number of alkyl carbamates (subject to hydrolysis) is 1. The van der Waals surface area contributed by atoms with Crippen LogP contribution in [0.4, 0.5) is 10.5 Å². The van der Waals surface area contributed by atoms with E-state index >= 15 is 0 Å². The second kappa shape index (κ2) is 8.20. The van der Waals surface area contributed by atoms with Gasteiger partial charge in [0.25, 0.3) is 0 Å². The molecule has 0 saturated carbocycles. The number of nitrogens with one attached hydrogen (secondary N) is 1. The molecule has 1 N–H and O–H groups in total. The topological polar surface area (TPSA) is 77.1 Å². The van der Waals surface area contributed by atoms with Crippen LogP contribution in [0.3, 0.4) is 0 Å². The molecular weight excluding hydrogens is 324 g/mol. The van der Waals surface area contributed by atoms with Crippen LogP contribution >= 0.6 is 0 Å². The lowest BCUT2D eigenvalue weighted by Crippen LogP contribution is -2.34. The number of amides is 2. The molecule has 0 aromatic heterocycles. The summed E-state index contributed by atoms with van der Waals surface area (Å²) in [6.45, 7) is 7.00. The molecule has 7 heteroatoms. The number of fused-ring (bicyclic) bond motifs is 1. The van der Waals surface area contributed by atoms with E-state index < -0.39 is 11.7 Å². The van der Waals surface area contributed by atoms with E-state index in [1.807, 2.05) is 39.0 Å². The van der Waals surface area contributed by atoms with Crippen molar-refractivity contribution in [3.05, 3.63) is 23.8 Å². The SMILES string of the molecule is CN1C(=O)Cc2cc(OCCOCCNC(=O)OC(C)(C)C)ccc21. The van der Waals surface area contributed by atoms with Crippen molar-refractivity contribution in [3.63, 3.8) is 0 Å². The largest absolute Gasteiger partial charge is 0.491 e. The van der Waals surface area contributed by atoms with Crippen molar-refractivity contribution in [2.45, 2.75) is 32.8 Å². The fourth-order valence-electron chi connectivity index (χ4n) is 2.40. The first-order chi connectivity index (χ1) is 11.8. The van der Waals surface area contributed by atoms with E-state index in [1.165, 1.54) is 0 Å². The summed E-state index contributed by atoms with van der Waals surface area (Å²) in [7, 11) is 1.77. The summed E-state index contributed by atoms with van der Waals surface area (Å²) in [6, 6.07) is 5.62. The number of anilines is 1. The zero-order valence-electron chi connectivity index (χ0n) is 15.3. The van der Waals surface area contributed by atoms with Crippen LogP contribution in [0.15, 0.2) is 18.2 Å². The van der Waals surface area contributed by atoms with Crippen molar-refractivity contribution in [1.82, 2.24) is 5.32 Å². The Bertz CT molecular complexity index is 624. The molecule has 0 radical (unpaired) electrons. The van der Waals surface area contributed by atoms with E-state index in [9.17, 15) is 9.59 Å². The van der Waals surface area contributed by atoms with Gasteiger partial charge in [0, 0.05) is 19.3 Å². The van der Waals surface area contributed by atoms with Gasteiger partial charge in [-0.2, -0.15) is 0 Å². The highest BCUT2D eigenvalue weighted by Crippen LogP contribution is 2.30. The van der Waals surface area contributed by atoms with E-state index in [0.717, 1.165) is 17.0 Å². The van der Waals surface area contributed by atoms with E-state index in [0.29, 0.717) is 32.8 Å². The van der Waals surface area contributed by atoms with Gasteiger partial charge in [0.2, 0.25) is 5.91 Å². The Balaban J connectivity index is 1.59. The van der Waals surface area contributed by atoms with E-state index in [4.69, 9.17) is 14.2 Å². The molecule has 0 bridgehead atoms. The van der Waals surface area contributed by atoms with Gasteiger partial charge in [-0.15, -0.1) is 0 Å². The number of carbonyl (C=O) groups excluding carboxylic acids is 2. The lowest BCUT2D eigenvalue weighted by molar-refractivity contribution is -0.117. The second-order valence-electron chi connectivity index (χ2n) is 6.81. The Morgan fingerprint density at radius 1 is 1.24 bits per heavy atom. The molecule has 1 aromatic carbocycles. The van der Waals surface area contributed by atoms with Gasteiger partial charge < -0.3 is 24.4 Å². The molecule has 1 aliphatic rings. The number of ether oxygens (including phenoxy) is 3. The van der Waals surface area contributed by atoms with Crippen molar-refractivity contribution >= 4 is 17.7 Å². The molecule has 7 nitrogen and oxygen atoms in total. The molecule has 25 heavy (non-hydrogen) atoms. The van der Waals surface area contributed by atoms with Crippen LogP contribution in [-0.2, 0) is 20.7 Å². The van der Waals surface area contributed by atoms with Gasteiger partial charge in [0.15, 0.2) is 0 Å². The van der Waals surface area contributed by atoms with Gasteiger partial charge in [-0.25, -0.2) is 4.79 Å². The summed E-state index contributed by atoms with van der Waals surface area (Å²) in [4.78, 5) is 24.7. The highest BCUT2D eigenvalue weighted by molar-refractivity contribution is 6.01. The van der Waals surface area contributed by atoms with Crippen LogP contribution in [-0.4, -0.2) is 51.0 Å². The third-order valence-electron chi connectivity index (χ3n) is 3.54. The lowest BCUT2D eigenvalue weighted by atomic mass is 10.1. The third kappa shape index (κ3) is 5.94. The smallest absolute Gasteiger partial charge is 0.407 e. The van der Waals surface area contributed by atoms with Crippen LogP contribution in [0, 0.1) is 0 Å². The maximum atomic E-state index is 11.7. The first-order valence-corrected chi connectivity index (χ1v) is 8.33. The number of likely N-dealkylation sites (N-methyl/N-ethyl adjacent to an activating group) is 1. The predicted molar refractivity (Wildman–Crippen MR) is 94.1 cm³/mol. The van der Waals surface area contributed by atoms with E-state index in [-0.39, 0.29) is 5.91 Å². The number of hydrogen-bond donors (Lipinski definition) is 1. The van der Waals surface area contributed by atoms with Gasteiger partial charge in [-0.05, 0) is 44.5 Å². The number of benzene rings is 1. The molecule has 138 valence electrons. The van der Waals surface area contributed by atoms with Crippen molar-refractivity contribution in [3.8, 4) is 5.75 Å². The van der Waals surface area contributed by atoms with Crippen molar-refractivity contribution < 1.29 is 23.8 Å². The minimum absolute atomic E-state index is 0.0907. The quantitative estimate of drug-likeness (QED) is 0.762. The van der Waals surface area contributed by atoms with E-state index in [1.54, 1.807) is 11.9 Å². The lowest BCUT2D eigenvalue weighted by Gasteiger charge is -2.19. The summed E-state index contributed by atoms with van der Waals surface area (Å²) in [5, 5.41) is 2.62. The maximum absolute atomic E-state index is 11.7. The van der Waals surface area contributed by atoms with Gasteiger partial charge in [0.1, 0.15) is 18.0 Å². The predicted octanol–water partition coefficient (Wildman–Crippen LogP) is 2.13. The number of rotatable bonds is 7. The number of hydrogen-bond acceptors (Lipinski definition) is 5. The minimum Gasteiger partial charge on any atom is -0.491 e. The first-order valence-electron chi connectivity index (χ1n) is 8.33. The molecule has 0 fully saturated rings. The van der Waals surface area contributed by atoms with Crippen LogP contribution < -0.4 is 15.0 Å². The molecule has 2 rings (SSSR count). The summed E-state index contributed by atoms with van der Waals surface area (Å²) in [6.07, 6.45) is -0.0411. The second-order valence-corrected chi connectivity index (χ2v) is 6.81. The Kier molecular flexibility index (Phi) is 6.25. The molecule has 1 heterocycles. The minimum atomic E-state index is -0.506. The number of carbonyl (C=O) groups is 2. The van der Waals surface area contributed by atoms with Crippen molar-refractivity contribution in [1.29, 1.82) is 0 Å². The molecular formula is C18H26N2O5. The fraction of sp³-hybridized carbons (Fsp3) is 0.556. The zero-order valence-corrected chi connectivity index (χ0v) is 15.3. The standard InChI is InChI=1S/C18H26N2O5/c1-18(2,3)25-17(22)19-7-8-23-9-10-24-14-5-6-15-13(11-14)12-16(21)20(15)4/h5-6,11H,7-10,12H2,1-4H3,(H,19,22). The molecule has 1 aromatic rings. The zero-order chi connectivity index (χ0) is 18.4. The molecule has 0 unspecified atom stereocenters. The highest BCUT2D eigenvalue weighted by Gasteiger charge is 2.24. The Labute approximate surface area is 148 Å². The summed E-state index contributed by atoms with van der Waals surface area (Å²) < 4.78 is 16.2. The number of nitrogens with zero attached hydrogens (tertiary/aromatic N) is 1. The molecule has 2 amide bonds. The highest BCUT2D eigenvalue weighted by atomic mass is 16.6. The molecule has 0 spiro atoms. The average Bonchev–Trinajstić information content (AvgIpc) is 2.79. The van der Waals surface area contributed by atoms with E-state index in [2.05, 4.69) is 5.32 Å². The van der Waals surface area contributed by atoms with Crippen LogP contribution in [0.1, 0.15) is 26.3 Å². The molecule has 0 aliphatic carbocycles. The molecule has 0 atom stereocenters. The molecule has 0 saturated heterocycles. The monoisotopic (exact) mass is 350 g/mol. The summed E-state index contributed by atoms with van der Waals surface area (Å²) in [5.74, 6) is 0.810. The molecule has 1 aliphatic heterocycles. The van der Waals surface area contributed by atoms with Gasteiger partial charge >= 0.3 is 6.09 Å². The Morgan fingerprint density at radius 2 is 2.00 bits per heavy atom. The third-order valence-corrected chi connectivity index (χ3v) is 3.54. The van der Waals surface area contributed by atoms with Gasteiger partial charge in [-0.1, -0.05) is 0 Å².